The molecule has 13 heavy (non-hydrogen) atoms. The van der Waals surface area contributed by atoms with E-state index in [0.717, 1.165) is 4.57 Å². The topological polar surface area (TPSA) is 52.2 Å². The van der Waals surface area contributed by atoms with Gasteiger partial charge in [-0.05, 0) is 5.92 Å². The van der Waals surface area contributed by atoms with Gasteiger partial charge in [-0.15, -0.1) is 0 Å². The normalized spacial score (nSPS) is 10.8. The number of rotatable bonds is 2. The summed E-state index contributed by atoms with van der Waals surface area (Å²) in [6.07, 6.45) is 1.65. The molecule has 0 fully saturated rings. The van der Waals surface area contributed by atoms with Crippen molar-refractivity contribution in [3.05, 3.63) is 22.5 Å². The van der Waals surface area contributed by atoms with Gasteiger partial charge in [-0.3, -0.25) is 4.79 Å². The number of hydrogen-bond acceptors (Lipinski definition) is 3. The summed E-state index contributed by atoms with van der Waals surface area (Å²) in [5.74, 6) is -0.694. The molecule has 0 radical (unpaired) electrons. The van der Waals surface area contributed by atoms with Crippen molar-refractivity contribution in [3.8, 4) is 0 Å². The maximum Gasteiger partial charge on any atom is 0.426 e. The van der Waals surface area contributed by atoms with Crippen molar-refractivity contribution in [1.29, 1.82) is 0 Å². The minimum atomic E-state index is -0.587. The Labute approximate surface area is 76.2 Å². The molecule has 0 bridgehead atoms. The second kappa shape index (κ2) is 3.60. The predicted molar refractivity (Wildman–Crippen MR) is 48.0 cm³/mol. The lowest BCUT2D eigenvalue weighted by molar-refractivity contribution is 0.0896. The maximum atomic E-state index is 11.3. The standard InChI is InChI=1S/C9H13NO3/c1-4-8(11)10-7(6(2)3)5-13-9(10)12/h5-6H,4H2,1-3H3. The lowest BCUT2D eigenvalue weighted by atomic mass is 10.1. The molecule has 0 aliphatic heterocycles. The van der Waals surface area contributed by atoms with Crippen molar-refractivity contribution in [2.75, 3.05) is 0 Å². The Hall–Kier alpha value is -1.32. The summed E-state index contributed by atoms with van der Waals surface area (Å²) in [7, 11) is 0. The van der Waals surface area contributed by atoms with E-state index in [2.05, 4.69) is 4.42 Å². The highest BCUT2D eigenvalue weighted by Crippen LogP contribution is 2.12. The fourth-order valence-corrected chi connectivity index (χ4v) is 1.12. The Kier molecular flexibility index (Phi) is 2.70. The molecule has 0 atom stereocenters. The molecular formula is C9H13NO3. The Bertz CT molecular complexity index is 359. The van der Waals surface area contributed by atoms with Crippen LogP contribution < -0.4 is 5.76 Å². The lowest BCUT2D eigenvalue weighted by Crippen LogP contribution is -2.24. The first-order valence-electron chi connectivity index (χ1n) is 4.31. The van der Waals surface area contributed by atoms with Crippen LogP contribution in [0.5, 0.6) is 0 Å². The zero-order valence-electron chi connectivity index (χ0n) is 8.03. The molecule has 0 unspecified atom stereocenters. The van der Waals surface area contributed by atoms with E-state index in [1.807, 2.05) is 13.8 Å². The quantitative estimate of drug-likeness (QED) is 0.700. The van der Waals surface area contributed by atoms with Crippen LogP contribution in [-0.2, 0) is 0 Å². The van der Waals surface area contributed by atoms with Crippen LogP contribution in [0.15, 0.2) is 15.5 Å². The van der Waals surface area contributed by atoms with Crippen molar-refractivity contribution in [2.24, 2.45) is 0 Å². The van der Waals surface area contributed by atoms with Crippen LogP contribution in [0.4, 0.5) is 0 Å². The zero-order chi connectivity index (χ0) is 10.0. The number of oxazole rings is 1. The molecule has 0 saturated carbocycles. The summed E-state index contributed by atoms with van der Waals surface area (Å²) < 4.78 is 5.77. The van der Waals surface area contributed by atoms with E-state index in [4.69, 9.17) is 0 Å². The second-order valence-electron chi connectivity index (χ2n) is 3.16. The van der Waals surface area contributed by atoms with Crippen LogP contribution in [0.3, 0.4) is 0 Å². The van der Waals surface area contributed by atoms with E-state index < -0.39 is 5.76 Å². The summed E-state index contributed by atoms with van der Waals surface area (Å²) >= 11 is 0. The number of nitrogens with zero attached hydrogens (tertiary/aromatic N) is 1. The Balaban J connectivity index is 3.24. The third kappa shape index (κ3) is 1.71. The van der Waals surface area contributed by atoms with Crippen LogP contribution in [0.2, 0.25) is 0 Å². The first-order valence-corrected chi connectivity index (χ1v) is 4.31. The van der Waals surface area contributed by atoms with Gasteiger partial charge in [-0.25, -0.2) is 9.36 Å². The number of aromatic nitrogens is 1. The molecule has 0 aromatic carbocycles. The Morgan fingerprint density at radius 1 is 1.62 bits per heavy atom. The zero-order valence-corrected chi connectivity index (χ0v) is 8.03. The summed E-state index contributed by atoms with van der Waals surface area (Å²) in [6, 6.07) is 0. The van der Waals surface area contributed by atoms with Gasteiger partial charge in [-0.1, -0.05) is 20.8 Å². The number of carbonyl (C=O) groups is 1. The molecule has 0 saturated heterocycles. The first-order chi connectivity index (χ1) is 6.07. The van der Waals surface area contributed by atoms with Gasteiger partial charge in [0, 0.05) is 6.42 Å². The highest BCUT2D eigenvalue weighted by atomic mass is 16.4. The van der Waals surface area contributed by atoms with Crippen LogP contribution in [0.25, 0.3) is 0 Å². The van der Waals surface area contributed by atoms with Crippen LogP contribution in [-0.4, -0.2) is 10.5 Å². The molecule has 0 spiro atoms. The van der Waals surface area contributed by atoms with Crippen molar-refractivity contribution in [3.63, 3.8) is 0 Å². The van der Waals surface area contributed by atoms with Crippen LogP contribution in [0.1, 0.15) is 43.6 Å². The molecule has 1 rings (SSSR count). The third-order valence-corrected chi connectivity index (χ3v) is 1.86. The number of hydrogen-bond donors (Lipinski definition) is 0. The van der Waals surface area contributed by atoms with E-state index in [9.17, 15) is 9.59 Å². The predicted octanol–water partition coefficient (Wildman–Crippen LogP) is 1.61. The van der Waals surface area contributed by atoms with E-state index in [1.54, 1.807) is 6.92 Å². The van der Waals surface area contributed by atoms with Gasteiger partial charge in [-0.2, -0.15) is 0 Å². The Morgan fingerprint density at radius 2 is 2.23 bits per heavy atom. The minimum absolute atomic E-state index is 0.113. The van der Waals surface area contributed by atoms with Crippen molar-refractivity contribution < 1.29 is 9.21 Å². The van der Waals surface area contributed by atoms with Crippen molar-refractivity contribution in [2.45, 2.75) is 33.1 Å². The van der Waals surface area contributed by atoms with E-state index in [0.29, 0.717) is 12.1 Å². The average molecular weight is 183 g/mol. The molecule has 0 aliphatic rings. The highest BCUT2D eigenvalue weighted by molar-refractivity contribution is 5.79. The largest absolute Gasteiger partial charge is 0.426 e. The highest BCUT2D eigenvalue weighted by Gasteiger charge is 2.15. The van der Waals surface area contributed by atoms with Gasteiger partial charge in [0.15, 0.2) is 0 Å². The lowest BCUT2D eigenvalue weighted by Gasteiger charge is -2.04. The molecule has 0 N–H and O–H groups in total. The molecule has 4 nitrogen and oxygen atoms in total. The second-order valence-corrected chi connectivity index (χ2v) is 3.16. The van der Waals surface area contributed by atoms with Gasteiger partial charge < -0.3 is 4.42 Å². The number of carbonyl (C=O) groups excluding carboxylic acids is 1. The average Bonchev–Trinajstić information content (AvgIpc) is 2.46. The van der Waals surface area contributed by atoms with Gasteiger partial charge in [0.2, 0.25) is 5.91 Å². The SMILES string of the molecule is CCC(=O)n1c(C(C)C)coc1=O. The van der Waals surface area contributed by atoms with Crippen LogP contribution >= 0.6 is 0 Å². The smallest absolute Gasteiger partial charge is 0.416 e. The monoisotopic (exact) mass is 183 g/mol. The molecule has 4 heteroatoms. The van der Waals surface area contributed by atoms with Gasteiger partial charge in [0.25, 0.3) is 0 Å². The minimum Gasteiger partial charge on any atom is -0.416 e. The van der Waals surface area contributed by atoms with Crippen LogP contribution in [0, 0.1) is 0 Å². The molecule has 0 aliphatic carbocycles. The Morgan fingerprint density at radius 3 is 2.69 bits per heavy atom. The van der Waals surface area contributed by atoms with E-state index in [-0.39, 0.29) is 11.8 Å². The summed E-state index contributed by atoms with van der Waals surface area (Å²) in [4.78, 5) is 22.4. The fraction of sp³-hybridized carbons (Fsp3) is 0.556. The molecule has 1 heterocycles. The molecular weight excluding hydrogens is 170 g/mol. The van der Waals surface area contributed by atoms with Gasteiger partial charge in [0.1, 0.15) is 6.26 Å². The maximum absolute atomic E-state index is 11.3. The van der Waals surface area contributed by atoms with Crippen molar-refractivity contribution in [1.82, 2.24) is 4.57 Å². The molecule has 1 aromatic rings. The van der Waals surface area contributed by atoms with Gasteiger partial charge >= 0.3 is 5.76 Å². The van der Waals surface area contributed by atoms with Crippen molar-refractivity contribution >= 4 is 5.91 Å². The molecule has 0 amide bonds. The summed E-state index contributed by atoms with van der Waals surface area (Å²) in [6.45, 7) is 5.53. The molecule has 1 aromatic heterocycles. The summed E-state index contributed by atoms with van der Waals surface area (Å²) in [5.41, 5.74) is 0.636. The summed E-state index contributed by atoms with van der Waals surface area (Å²) in [5, 5.41) is 0. The fourth-order valence-electron chi connectivity index (χ4n) is 1.12. The van der Waals surface area contributed by atoms with E-state index >= 15 is 0 Å². The van der Waals surface area contributed by atoms with E-state index in [1.165, 1.54) is 6.26 Å². The first kappa shape index (κ1) is 9.77. The molecule has 72 valence electrons. The van der Waals surface area contributed by atoms with Gasteiger partial charge in [0.05, 0.1) is 5.69 Å². The third-order valence-electron chi connectivity index (χ3n) is 1.86.